The summed E-state index contributed by atoms with van der Waals surface area (Å²) in [5.74, 6) is 0.881. The standard InChI is InChI=1S/C13H24N2O/c1-3-13(6-4-7-13)12(16)15-11-5-8-14-9-10(11)2/h10-11,14H,3-9H2,1-2H3,(H,15,16). The molecule has 92 valence electrons. The molecule has 2 fully saturated rings. The van der Waals surface area contributed by atoms with Crippen LogP contribution in [-0.2, 0) is 4.79 Å². The topological polar surface area (TPSA) is 41.1 Å². The lowest BCUT2D eigenvalue weighted by Crippen LogP contribution is -2.54. The Bertz CT molecular complexity index is 255. The van der Waals surface area contributed by atoms with Crippen molar-refractivity contribution in [2.45, 2.75) is 52.0 Å². The number of nitrogens with one attached hydrogen (secondary N) is 2. The molecule has 2 unspecified atom stereocenters. The molecule has 1 saturated carbocycles. The van der Waals surface area contributed by atoms with E-state index in [9.17, 15) is 4.79 Å². The van der Waals surface area contributed by atoms with Crippen LogP contribution < -0.4 is 10.6 Å². The molecule has 3 heteroatoms. The molecule has 0 bridgehead atoms. The summed E-state index contributed by atoms with van der Waals surface area (Å²) < 4.78 is 0. The molecule has 0 aromatic rings. The molecule has 0 spiro atoms. The van der Waals surface area contributed by atoms with E-state index in [1.54, 1.807) is 0 Å². The highest BCUT2D eigenvalue weighted by atomic mass is 16.2. The Hall–Kier alpha value is -0.570. The van der Waals surface area contributed by atoms with Crippen LogP contribution in [0.1, 0.15) is 46.0 Å². The minimum atomic E-state index is -0.00933. The van der Waals surface area contributed by atoms with Crippen molar-refractivity contribution >= 4 is 5.91 Å². The smallest absolute Gasteiger partial charge is 0.226 e. The van der Waals surface area contributed by atoms with E-state index in [4.69, 9.17) is 0 Å². The third-order valence-corrected chi connectivity index (χ3v) is 4.57. The second kappa shape index (κ2) is 4.74. The number of hydrogen-bond acceptors (Lipinski definition) is 2. The van der Waals surface area contributed by atoms with E-state index in [1.165, 1.54) is 6.42 Å². The van der Waals surface area contributed by atoms with Gasteiger partial charge in [-0.1, -0.05) is 20.3 Å². The molecular weight excluding hydrogens is 200 g/mol. The molecule has 0 radical (unpaired) electrons. The van der Waals surface area contributed by atoms with Gasteiger partial charge in [0.2, 0.25) is 5.91 Å². The highest BCUT2D eigenvalue weighted by Gasteiger charge is 2.43. The third-order valence-electron chi connectivity index (χ3n) is 4.57. The van der Waals surface area contributed by atoms with Gasteiger partial charge in [0.05, 0.1) is 0 Å². The van der Waals surface area contributed by atoms with Crippen molar-refractivity contribution in [3.63, 3.8) is 0 Å². The fraction of sp³-hybridized carbons (Fsp3) is 0.923. The molecule has 2 N–H and O–H groups in total. The molecule has 3 nitrogen and oxygen atoms in total. The van der Waals surface area contributed by atoms with Crippen LogP contribution in [0.5, 0.6) is 0 Å². The lowest BCUT2D eigenvalue weighted by atomic mass is 9.66. The first-order chi connectivity index (χ1) is 7.68. The van der Waals surface area contributed by atoms with Crippen LogP contribution >= 0.6 is 0 Å². The highest BCUT2D eigenvalue weighted by Crippen LogP contribution is 2.44. The lowest BCUT2D eigenvalue weighted by Gasteiger charge is -2.42. The van der Waals surface area contributed by atoms with Crippen LogP contribution in [0, 0.1) is 11.3 Å². The lowest BCUT2D eigenvalue weighted by molar-refractivity contribution is -0.137. The summed E-state index contributed by atoms with van der Waals surface area (Å²) in [6.45, 7) is 6.43. The Morgan fingerprint density at radius 2 is 2.25 bits per heavy atom. The molecule has 1 saturated heterocycles. The summed E-state index contributed by atoms with van der Waals surface area (Å²) in [5, 5.41) is 6.65. The van der Waals surface area contributed by atoms with E-state index < -0.39 is 0 Å². The Balaban J connectivity index is 1.90. The maximum Gasteiger partial charge on any atom is 0.226 e. The average molecular weight is 224 g/mol. The molecule has 2 aliphatic rings. The van der Waals surface area contributed by atoms with Crippen molar-refractivity contribution in [3.05, 3.63) is 0 Å². The van der Waals surface area contributed by atoms with Gasteiger partial charge in [0, 0.05) is 11.5 Å². The number of hydrogen-bond donors (Lipinski definition) is 2. The van der Waals surface area contributed by atoms with Gasteiger partial charge in [-0.05, 0) is 44.7 Å². The summed E-state index contributed by atoms with van der Waals surface area (Å²) in [4.78, 5) is 12.3. The van der Waals surface area contributed by atoms with Crippen LogP contribution in [0.4, 0.5) is 0 Å². The fourth-order valence-electron chi connectivity index (χ4n) is 2.89. The number of piperidine rings is 1. The van der Waals surface area contributed by atoms with Crippen molar-refractivity contribution < 1.29 is 4.79 Å². The second-order valence-electron chi connectivity index (χ2n) is 5.54. The first kappa shape index (κ1) is 11.9. The Kier molecular flexibility index (Phi) is 3.53. The van der Waals surface area contributed by atoms with Gasteiger partial charge in [0.15, 0.2) is 0 Å². The van der Waals surface area contributed by atoms with Gasteiger partial charge >= 0.3 is 0 Å². The minimum absolute atomic E-state index is 0.00933. The summed E-state index contributed by atoms with van der Waals surface area (Å²) >= 11 is 0. The quantitative estimate of drug-likeness (QED) is 0.766. The molecule has 2 rings (SSSR count). The summed E-state index contributed by atoms with van der Waals surface area (Å²) in [6.07, 6.45) is 5.48. The van der Waals surface area contributed by atoms with Gasteiger partial charge in [-0.15, -0.1) is 0 Å². The molecule has 1 aliphatic carbocycles. The zero-order chi connectivity index (χ0) is 11.6. The second-order valence-corrected chi connectivity index (χ2v) is 5.54. The molecule has 1 heterocycles. The van der Waals surface area contributed by atoms with Crippen molar-refractivity contribution in [1.82, 2.24) is 10.6 Å². The summed E-state index contributed by atoms with van der Waals surface area (Å²) in [7, 11) is 0. The van der Waals surface area contributed by atoms with Crippen LogP contribution in [0.3, 0.4) is 0 Å². The van der Waals surface area contributed by atoms with Crippen LogP contribution in [0.25, 0.3) is 0 Å². The van der Waals surface area contributed by atoms with E-state index >= 15 is 0 Å². The predicted molar refractivity (Wildman–Crippen MR) is 65.2 cm³/mol. The normalized spacial score (nSPS) is 32.9. The van der Waals surface area contributed by atoms with Crippen molar-refractivity contribution in [2.75, 3.05) is 13.1 Å². The first-order valence-electron chi connectivity index (χ1n) is 6.69. The first-order valence-corrected chi connectivity index (χ1v) is 6.69. The summed E-state index contributed by atoms with van der Waals surface area (Å²) in [6, 6.07) is 0.387. The van der Waals surface area contributed by atoms with E-state index in [1.807, 2.05) is 0 Å². The number of carbonyl (C=O) groups is 1. The molecule has 2 atom stereocenters. The maximum absolute atomic E-state index is 12.3. The van der Waals surface area contributed by atoms with Crippen LogP contribution in [-0.4, -0.2) is 25.0 Å². The number of amides is 1. The van der Waals surface area contributed by atoms with Crippen molar-refractivity contribution in [3.8, 4) is 0 Å². The van der Waals surface area contributed by atoms with Crippen LogP contribution in [0.15, 0.2) is 0 Å². The minimum Gasteiger partial charge on any atom is -0.353 e. The summed E-state index contributed by atoms with van der Waals surface area (Å²) in [5.41, 5.74) is -0.00933. The Morgan fingerprint density at radius 3 is 2.75 bits per heavy atom. The third kappa shape index (κ3) is 2.10. The Morgan fingerprint density at radius 1 is 1.50 bits per heavy atom. The van der Waals surface area contributed by atoms with Gasteiger partial charge in [0.25, 0.3) is 0 Å². The molecule has 0 aromatic heterocycles. The van der Waals surface area contributed by atoms with E-state index in [0.717, 1.165) is 38.8 Å². The van der Waals surface area contributed by atoms with Crippen molar-refractivity contribution in [2.24, 2.45) is 11.3 Å². The van der Waals surface area contributed by atoms with Gasteiger partial charge in [-0.25, -0.2) is 0 Å². The predicted octanol–water partition coefficient (Wildman–Crippen LogP) is 1.68. The zero-order valence-electron chi connectivity index (χ0n) is 10.5. The average Bonchev–Trinajstić information content (AvgIpc) is 2.21. The SMILES string of the molecule is CCC1(C(=O)NC2CCNCC2C)CCC1. The molecule has 16 heavy (non-hydrogen) atoms. The van der Waals surface area contributed by atoms with Crippen LogP contribution in [0.2, 0.25) is 0 Å². The monoisotopic (exact) mass is 224 g/mol. The fourth-order valence-corrected chi connectivity index (χ4v) is 2.89. The van der Waals surface area contributed by atoms with Gasteiger partial charge < -0.3 is 10.6 Å². The van der Waals surface area contributed by atoms with E-state index in [0.29, 0.717) is 17.9 Å². The zero-order valence-corrected chi connectivity index (χ0v) is 10.5. The number of rotatable bonds is 3. The van der Waals surface area contributed by atoms with Gasteiger partial charge in [-0.3, -0.25) is 4.79 Å². The van der Waals surface area contributed by atoms with Gasteiger partial charge in [-0.2, -0.15) is 0 Å². The van der Waals surface area contributed by atoms with Crippen molar-refractivity contribution in [1.29, 1.82) is 0 Å². The van der Waals surface area contributed by atoms with E-state index in [2.05, 4.69) is 24.5 Å². The largest absolute Gasteiger partial charge is 0.353 e. The van der Waals surface area contributed by atoms with E-state index in [-0.39, 0.29) is 5.41 Å². The molecule has 1 amide bonds. The number of carbonyl (C=O) groups excluding carboxylic acids is 1. The maximum atomic E-state index is 12.3. The highest BCUT2D eigenvalue weighted by molar-refractivity contribution is 5.83. The Labute approximate surface area is 98.4 Å². The molecular formula is C13H24N2O. The van der Waals surface area contributed by atoms with Gasteiger partial charge in [0.1, 0.15) is 0 Å². The molecule has 0 aromatic carbocycles. The molecule has 1 aliphatic heterocycles.